The quantitative estimate of drug-likeness (QED) is 0.532. The molecule has 0 bridgehead atoms. The fourth-order valence-electron chi connectivity index (χ4n) is 2.12. The summed E-state index contributed by atoms with van der Waals surface area (Å²) >= 11 is 0. The Labute approximate surface area is 138 Å². The van der Waals surface area contributed by atoms with Crippen LogP contribution in [0.1, 0.15) is 32.8 Å². The highest BCUT2D eigenvalue weighted by Crippen LogP contribution is 2.09. The Bertz CT molecular complexity index is 512. The topological polar surface area (TPSA) is 88.7 Å². The molecule has 0 spiro atoms. The predicted molar refractivity (Wildman–Crippen MR) is 94.7 cm³/mol. The number of carbonyl (C=O) groups is 1. The molecule has 6 heteroatoms. The second kappa shape index (κ2) is 9.71. The van der Waals surface area contributed by atoms with Gasteiger partial charge in [0.2, 0.25) is 0 Å². The lowest BCUT2D eigenvalue weighted by Crippen LogP contribution is -2.39. The summed E-state index contributed by atoms with van der Waals surface area (Å²) in [5.41, 5.74) is 7.97. The Kier molecular flexibility index (Phi) is 7.94. The van der Waals surface area contributed by atoms with Crippen molar-refractivity contribution in [2.24, 2.45) is 16.6 Å². The first-order valence-electron chi connectivity index (χ1n) is 7.97. The molecular formula is C17H28N4O2. The number of aliphatic imine (C=N–C) groups is 1. The van der Waals surface area contributed by atoms with Crippen LogP contribution in [-0.4, -0.2) is 31.2 Å². The molecule has 1 amide bonds. The summed E-state index contributed by atoms with van der Waals surface area (Å²) in [5, 5.41) is 5.86. The normalized spacial score (nSPS) is 12.8. The van der Waals surface area contributed by atoms with Crippen molar-refractivity contribution in [1.82, 2.24) is 5.32 Å². The van der Waals surface area contributed by atoms with E-state index in [-0.39, 0.29) is 6.04 Å². The fraction of sp³-hybridized carbons (Fsp3) is 0.529. The summed E-state index contributed by atoms with van der Waals surface area (Å²) < 4.78 is 4.92. The Hall–Kier alpha value is -2.24. The van der Waals surface area contributed by atoms with Gasteiger partial charge < -0.3 is 21.1 Å². The van der Waals surface area contributed by atoms with Crippen molar-refractivity contribution >= 4 is 17.7 Å². The highest BCUT2D eigenvalue weighted by atomic mass is 16.5. The van der Waals surface area contributed by atoms with Crippen molar-refractivity contribution in [1.29, 1.82) is 0 Å². The number of rotatable bonds is 7. The first kappa shape index (κ1) is 18.8. The second-order valence-electron chi connectivity index (χ2n) is 5.91. The number of hydrogen-bond donors (Lipinski definition) is 3. The van der Waals surface area contributed by atoms with E-state index in [1.165, 1.54) is 5.56 Å². The zero-order valence-corrected chi connectivity index (χ0v) is 14.4. The third kappa shape index (κ3) is 8.09. The number of nitrogens with one attached hydrogen (secondary N) is 2. The number of nitrogens with zero attached hydrogens (tertiary/aromatic N) is 1. The molecule has 1 aromatic carbocycles. The van der Waals surface area contributed by atoms with Crippen molar-refractivity contribution in [2.75, 3.05) is 18.5 Å². The minimum atomic E-state index is -0.418. The molecule has 0 aliphatic heterocycles. The number of hydrogen-bond acceptors (Lipinski definition) is 3. The molecule has 23 heavy (non-hydrogen) atoms. The molecular weight excluding hydrogens is 292 g/mol. The van der Waals surface area contributed by atoms with E-state index in [2.05, 4.69) is 29.5 Å². The number of carbonyl (C=O) groups excluding carboxylic acids is 1. The van der Waals surface area contributed by atoms with Crippen LogP contribution in [0.5, 0.6) is 0 Å². The van der Waals surface area contributed by atoms with Crippen molar-refractivity contribution in [3.8, 4) is 0 Å². The zero-order chi connectivity index (χ0) is 17.2. The highest BCUT2D eigenvalue weighted by Gasteiger charge is 2.14. The average Bonchev–Trinajstić information content (AvgIpc) is 2.47. The van der Waals surface area contributed by atoms with Crippen LogP contribution >= 0.6 is 0 Å². The lowest BCUT2D eigenvalue weighted by Gasteiger charge is -2.18. The van der Waals surface area contributed by atoms with Crippen LogP contribution in [0.15, 0.2) is 29.3 Å². The van der Waals surface area contributed by atoms with E-state index in [1.807, 2.05) is 31.2 Å². The summed E-state index contributed by atoms with van der Waals surface area (Å²) in [6, 6.07) is 7.78. The van der Waals surface area contributed by atoms with Crippen molar-refractivity contribution in [3.63, 3.8) is 0 Å². The van der Waals surface area contributed by atoms with E-state index in [0.29, 0.717) is 25.0 Å². The molecule has 1 unspecified atom stereocenters. The summed E-state index contributed by atoms with van der Waals surface area (Å²) in [7, 11) is 0. The predicted octanol–water partition coefficient (Wildman–Crippen LogP) is 2.88. The van der Waals surface area contributed by atoms with Crippen molar-refractivity contribution in [2.45, 2.75) is 40.2 Å². The lowest BCUT2D eigenvalue weighted by molar-refractivity contribution is 0.147. The maximum atomic E-state index is 11.6. The third-order valence-corrected chi connectivity index (χ3v) is 3.16. The van der Waals surface area contributed by atoms with Gasteiger partial charge in [0, 0.05) is 5.69 Å². The van der Waals surface area contributed by atoms with Gasteiger partial charge in [0.15, 0.2) is 5.96 Å². The van der Waals surface area contributed by atoms with Crippen molar-refractivity contribution < 1.29 is 9.53 Å². The summed E-state index contributed by atoms with van der Waals surface area (Å²) in [6.07, 6.45) is 0.388. The van der Waals surface area contributed by atoms with Crippen LogP contribution in [0, 0.1) is 12.8 Å². The van der Waals surface area contributed by atoms with Gasteiger partial charge in [-0.05, 0) is 38.3 Å². The Morgan fingerprint density at radius 3 is 2.52 bits per heavy atom. The van der Waals surface area contributed by atoms with Crippen LogP contribution in [0.3, 0.4) is 0 Å². The molecule has 0 saturated carbocycles. The van der Waals surface area contributed by atoms with E-state index < -0.39 is 6.09 Å². The molecule has 1 aromatic rings. The van der Waals surface area contributed by atoms with Gasteiger partial charge in [-0.15, -0.1) is 0 Å². The first-order valence-corrected chi connectivity index (χ1v) is 7.97. The number of ether oxygens (including phenoxy) is 1. The molecule has 0 saturated heterocycles. The van der Waals surface area contributed by atoms with Crippen LogP contribution < -0.4 is 16.4 Å². The number of nitrogens with two attached hydrogens (primary N) is 1. The maximum Gasteiger partial charge on any atom is 0.407 e. The first-order chi connectivity index (χ1) is 10.9. The Balaban J connectivity index is 2.59. The smallest absolute Gasteiger partial charge is 0.407 e. The third-order valence-electron chi connectivity index (χ3n) is 3.16. The van der Waals surface area contributed by atoms with Gasteiger partial charge in [0.25, 0.3) is 0 Å². The fourth-order valence-corrected chi connectivity index (χ4v) is 2.12. The molecule has 1 atom stereocenters. The molecule has 0 fully saturated rings. The molecule has 1 rings (SSSR count). The molecule has 4 N–H and O–H groups in total. The molecule has 128 valence electrons. The van der Waals surface area contributed by atoms with Crippen LogP contribution in [0.4, 0.5) is 10.5 Å². The number of guanidine groups is 1. The molecule has 0 aliphatic rings. The number of benzene rings is 1. The highest BCUT2D eigenvalue weighted by molar-refractivity contribution is 5.92. The van der Waals surface area contributed by atoms with Gasteiger partial charge in [-0.2, -0.15) is 0 Å². The second-order valence-corrected chi connectivity index (χ2v) is 5.91. The van der Waals surface area contributed by atoms with E-state index in [0.717, 1.165) is 12.1 Å². The zero-order valence-electron chi connectivity index (χ0n) is 14.4. The number of anilines is 1. The van der Waals surface area contributed by atoms with Gasteiger partial charge in [-0.25, -0.2) is 4.79 Å². The number of aryl methyl sites for hydroxylation is 1. The lowest BCUT2D eigenvalue weighted by atomic mass is 10.0. The number of alkyl carbamates (subject to hydrolysis) is 1. The Morgan fingerprint density at radius 1 is 1.30 bits per heavy atom. The molecule has 0 aromatic heterocycles. The van der Waals surface area contributed by atoms with Crippen LogP contribution in [0.2, 0.25) is 0 Å². The average molecular weight is 320 g/mol. The summed E-state index contributed by atoms with van der Waals surface area (Å²) in [4.78, 5) is 15.9. The van der Waals surface area contributed by atoms with Gasteiger partial charge in [0.05, 0.1) is 19.2 Å². The molecule has 0 aliphatic carbocycles. The number of amides is 1. The van der Waals surface area contributed by atoms with Gasteiger partial charge in [0.1, 0.15) is 0 Å². The van der Waals surface area contributed by atoms with E-state index in [1.54, 1.807) is 6.92 Å². The van der Waals surface area contributed by atoms with E-state index in [9.17, 15) is 4.79 Å². The standard InChI is InChI=1S/C17H28N4O2/c1-5-23-17(22)21-15(10-12(2)3)11-19-16(18)20-14-8-6-13(4)7-9-14/h6-9,12,15H,5,10-11H2,1-4H3,(H,21,22)(H3,18,19,20). The largest absolute Gasteiger partial charge is 0.450 e. The van der Waals surface area contributed by atoms with Crippen LogP contribution in [-0.2, 0) is 4.74 Å². The van der Waals surface area contributed by atoms with Crippen LogP contribution in [0.25, 0.3) is 0 Å². The van der Waals surface area contributed by atoms with E-state index in [4.69, 9.17) is 10.5 Å². The maximum absolute atomic E-state index is 11.6. The van der Waals surface area contributed by atoms with Gasteiger partial charge in [-0.1, -0.05) is 31.5 Å². The van der Waals surface area contributed by atoms with E-state index >= 15 is 0 Å². The minimum absolute atomic E-state index is 0.104. The molecule has 6 nitrogen and oxygen atoms in total. The summed E-state index contributed by atoms with van der Waals surface area (Å²) in [6.45, 7) is 8.74. The Morgan fingerprint density at radius 2 is 1.96 bits per heavy atom. The minimum Gasteiger partial charge on any atom is -0.450 e. The summed E-state index contributed by atoms with van der Waals surface area (Å²) in [5.74, 6) is 0.761. The van der Waals surface area contributed by atoms with Gasteiger partial charge in [-0.3, -0.25) is 4.99 Å². The van der Waals surface area contributed by atoms with Crippen molar-refractivity contribution in [3.05, 3.63) is 29.8 Å². The molecule has 0 radical (unpaired) electrons. The van der Waals surface area contributed by atoms with Gasteiger partial charge >= 0.3 is 6.09 Å². The monoisotopic (exact) mass is 320 g/mol. The SMILES string of the molecule is CCOC(=O)NC(CN=C(N)Nc1ccc(C)cc1)CC(C)C. The molecule has 0 heterocycles.